The minimum Gasteiger partial charge on any atom is -0.465 e. The Hall–Kier alpha value is -5.47. The number of aromatic amines is 4. The Morgan fingerprint density at radius 1 is 0.694 bits per heavy atom. The van der Waals surface area contributed by atoms with Crippen molar-refractivity contribution in [2.75, 3.05) is 12.8 Å². The lowest BCUT2D eigenvalue weighted by molar-refractivity contribution is 0.0603. The van der Waals surface area contributed by atoms with Gasteiger partial charge in [-0.15, -0.1) is 0 Å². The lowest BCUT2D eigenvalue weighted by atomic mass is 10.2. The van der Waals surface area contributed by atoms with Crippen molar-refractivity contribution in [3.8, 4) is 0 Å². The van der Waals surface area contributed by atoms with Gasteiger partial charge in [-0.2, -0.15) is 0 Å². The molecule has 0 unspecified atom stereocenters. The van der Waals surface area contributed by atoms with Crippen LogP contribution in [0.5, 0.6) is 0 Å². The van der Waals surface area contributed by atoms with Crippen LogP contribution in [0.4, 0.5) is 5.82 Å². The number of ether oxygens (including phenoxy) is 1. The predicted molar refractivity (Wildman–Crippen MR) is 188 cm³/mol. The number of H-pyrrole nitrogens is 4. The van der Waals surface area contributed by atoms with Crippen LogP contribution in [0.25, 0.3) is 44.1 Å². The quantitative estimate of drug-likeness (QED) is 0.0878. The number of nitrogens with zero attached hydrogens (tertiary/aromatic N) is 8. The number of anilines is 1. The smallest absolute Gasteiger partial charge is 0.340 e. The number of aromatic nitrogens is 12. The molecule has 252 valence electrons. The summed E-state index contributed by atoms with van der Waals surface area (Å²) in [5, 5.41) is 3.85. The number of primary amides is 1. The first-order chi connectivity index (χ1) is 23.1. The summed E-state index contributed by atoms with van der Waals surface area (Å²) in [7, 11) is 1.30. The van der Waals surface area contributed by atoms with Crippen molar-refractivity contribution < 1.29 is 14.3 Å². The van der Waals surface area contributed by atoms with E-state index in [1.54, 1.807) is 12.4 Å². The van der Waals surface area contributed by atoms with Crippen LogP contribution in [0.3, 0.4) is 0 Å². The maximum atomic E-state index is 11.3. The number of rotatable bonds is 2. The van der Waals surface area contributed by atoms with Gasteiger partial charge in [0.05, 0.1) is 39.8 Å². The Morgan fingerprint density at radius 2 is 1.20 bits per heavy atom. The fourth-order valence-electron chi connectivity index (χ4n) is 4.11. The Bertz CT molecular complexity index is 2390. The van der Waals surface area contributed by atoms with Gasteiger partial charge in [-0.3, -0.25) is 4.79 Å². The molecule has 0 saturated carbocycles. The first kappa shape index (κ1) is 36.4. The second-order valence-electron chi connectivity index (χ2n) is 9.06. The van der Waals surface area contributed by atoms with Gasteiger partial charge in [-0.1, -0.05) is 34.8 Å². The third-order valence-corrected chi connectivity index (χ3v) is 7.77. The number of nitrogen functional groups attached to an aromatic ring is 1. The standard InChI is InChI=1S/C8H6ClN3O2.C7H7N5O.C6H3BrClN3.C6H4ClN3.H3N/c1-14-8(13)4-2-10-7-5(4)6(9)11-3-12-7;8-5-4-3(6(9)13)1-10-7(4)12-2-11-5;7-3-1-9-6-4(3)5(8)10-2-11-6;7-5-4-1-2-8-6(4)10-3-9-5;/h2-3H,1H3,(H,10,11,12);1-2H,(H2,9,13)(H3,8,10,11,12);1-2H,(H,9,10,11);1-3H,(H,8,9,10);1H3. The Balaban J connectivity index is 0.000000147. The Morgan fingerprint density at radius 3 is 1.80 bits per heavy atom. The highest BCUT2D eigenvalue weighted by molar-refractivity contribution is 9.10. The summed E-state index contributed by atoms with van der Waals surface area (Å²) in [4.78, 5) is 64.6. The first-order valence-corrected chi connectivity index (χ1v) is 15.0. The molecule has 0 aliphatic heterocycles. The molecular formula is C27H23BrCl3N15O3. The van der Waals surface area contributed by atoms with Crippen molar-refractivity contribution in [3.05, 3.63) is 87.2 Å². The van der Waals surface area contributed by atoms with Gasteiger partial charge in [0.2, 0.25) is 0 Å². The zero-order valence-electron chi connectivity index (χ0n) is 24.9. The monoisotopic (exact) mass is 789 g/mol. The number of halogens is 4. The van der Waals surface area contributed by atoms with Crippen LogP contribution in [-0.4, -0.2) is 78.8 Å². The molecule has 0 saturated heterocycles. The Labute approximate surface area is 297 Å². The number of nitrogens with two attached hydrogens (primary N) is 2. The number of hydrogen-bond donors (Lipinski definition) is 7. The first-order valence-electron chi connectivity index (χ1n) is 13.1. The van der Waals surface area contributed by atoms with Crippen LogP contribution < -0.4 is 17.6 Å². The van der Waals surface area contributed by atoms with E-state index in [9.17, 15) is 9.59 Å². The SMILES string of the molecule is COC(=O)c1c[nH]c2ncnc(Cl)c12.Clc1ncnc2[nH]cc(Br)c12.Clc1ncnc2[nH]ccc12.N.NC(=O)c1c[nH]c2ncnc(N)c12. The molecule has 8 heterocycles. The van der Waals surface area contributed by atoms with Gasteiger partial charge in [-0.05, 0) is 22.0 Å². The molecule has 8 aromatic heterocycles. The lowest BCUT2D eigenvalue weighted by Crippen LogP contribution is -2.10. The van der Waals surface area contributed by atoms with E-state index in [-0.39, 0.29) is 17.1 Å². The average Bonchev–Trinajstić information content (AvgIpc) is 3.88. The lowest BCUT2D eigenvalue weighted by Gasteiger charge is -1.96. The van der Waals surface area contributed by atoms with Gasteiger partial charge >= 0.3 is 5.97 Å². The van der Waals surface area contributed by atoms with E-state index in [2.05, 4.69) is 80.5 Å². The number of hydrogen-bond acceptors (Lipinski definition) is 13. The van der Waals surface area contributed by atoms with Gasteiger partial charge in [-0.25, -0.2) is 44.7 Å². The topological polar surface area (TPSA) is 297 Å². The highest BCUT2D eigenvalue weighted by Crippen LogP contribution is 2.27. The third-order valence-electron chi connectivity index (χ3n) is 6.27. The van der Waals surface area contributed by atoms with E-state index in [0.29, 0.717) is 43.5 Å². The molecule has 8 aromatic rings. The molecule has 0 bridgehead atoms. The molecule has 18 nitrogen and oxygen atoms in total. The minimum atomic E-state index is -0.548. The normalized spacial score (nSPS) is 10.3. The van der Waals surface area contributed by atoms with Crippen molar-refractivity contribution in [2.45, 2.75) is 0 Å². The largest absolute Gasteiger partial charge is 0.465 e. The van der Waals surface area contributed by atoms with Gasteiger partial charge in [0.25, 0.3) is 5.91 Å². The van der Waals surface area contributed by atoms with E-state index >= 15 is 0 Å². The maximum Gasteiger partial charge on any atom is 0.340 e. The summed E-state index contributed by atoms with van der Waals surface area (Å²) in [6.07, 6.45) is 12.0. The fraction of sp³-hybridized carbons (Fsp3) is 0.0370. The second-order valence-corrected chi connectivity index (χ2v) is 11.0. The average molecular weight is 792 g/mol. The van der Waals surface area contributed by atoms with Crippen LogP contribution >= 0.6 is 50.7 Å². The van der Waals surface area contributed by atoms with Crippen molar-refractivity contribution in [1.82, 2.24) is 66.0 Å². The van der Waals surface area contributed by atoms with Crippen LogP contribution in [0.2, 0.25) is 15.5 Å². The van der Waals surface area contributed by atoms with Crippen LogP contribution in [0.1, 0.15) is 20.7 Å². The van der Waals surface area contributed by atoms with Gasteiger partial charge in [0.1, 0.15) is 69.2 Å². The number of carbonyl (C=O) groups is 2. The molecule has 0 aliphatic rings. The minimum absolute atomic E-state index is 0. The van der Waals surface area contributed by atoms with E-state index in [4.69, 9.17) is 46.3 Å². The molecular weight excluding hydrogens is 769 g/mol. The summed E-state index contributed by atoms with van der Waals surface area (Å²) in [5.74, 6) is -0.763. The highest BCUT2D eigenvalue weighted by Gasteiger charge is 2.16. The second kappa shape index (κ2) is 16.1. The predicted octanol–water partition coefficient (Wildman–Crippen LogP) is 5.18. The molecule has 0 aromatic carbocycles. The summed E-state index contributed by atoms with van der Waals surface area (Å²) in [5.41, 5.74) is 13.9. The molecule has 0 atom stereocenters. The molecule has 0 spiro atoms. The van der Waals surface area contributed by atoms with Gasteiger partial charge in [0, 0.05) is 29.3 Å². The maximum absolute atomic E-state index is 11.3. The number of carbonyl (C=O) groups excluding carboxylic acids is 2. The summed E-state index contributed by atoms with van der Waals surface area (Å²) >= 11 is 20.7. The molecule has 0 aliphatic carbocycles. The summed E-state index contributed by atoms with van der Waals surface area (Å²) in [6, 6.07) is 1.84. The van der Waals surface area contributed by atoms with E-state index in [1.165, 1.54) is 44.8 Å². The number of nitrogens with one attached hydrogen (secondary N) is 4. The van der Waals surface area contributed by atoms with Crippen molar-refractivity contribution in [1.29, 1.82) is 0 Å². The number of amides is 1. The van der Waals surface area contributed by atoms with E-state index in [0.717, 1.165) is 26.5 Å². The molecule has 0 radical (unpaired) electrons. The van der Waals surface area contributed by atoms with Gasteiger partial charge in [0.15, 0.2) is 0 Å². The Kier molecular flexibility index (Phi) is 11.9. The van der Waals surface area contributed by atoms with Crippen molar-refractivity contribution in [2.24, 2.45) is 5.73 Å². The van der Waals surface area contributed by atoms with E-state index in [1.807, 2.05) is 6.07 Å². The zero-order valence-corrected chi connectivity index (χ0v) is 28.7. The molecule has 1 amide bonds. The number of methoxy groups -OCH3 is 1. The summed E-state index contributed by atoms with van der Waals surface area (Å²) < 4.78 is 5.47. The molecule has 22 heteroatoms. The number of esters is 1. The van der Waals surface area contributed by atoms with E-state index < -0.39 is 11.9 Å². The molecule has 49 heavy (non-hydrogen) atoms. The number of fused-ring (bicyclic) bond motifs is 4. The highest BCUT2D eigenvalue weighted by atomic mass is 79.9. The van der Waals surface area contributed by atoms with Crippen molar-refractivity contribution >= 4 is 113 Å². The van der Waals surface area contributed by atoms with Crippen LogP contribution in [0.15, 0.2) is 60.6 Å². The van der Waals surface area contributed by atoms with Crippen LogP contribution in [-0.2, 0) is 4.74 Å². The zero-order chi connectivity index (χ0) is 34.4. The molecule has 11 N–H and O–H groups in total. The molecule has 8 rings (SSSR count). The van der Waals surface area contributed by atoms with Crippen molar-refractivity contribution in [3.63, 3.8) is 0 Å². The fourth-order valence-corrected chi connectivity index (χ4v) is 5.38. The van der Waals surface area contributed by atoms with Crippen LogP contribution in [0, 0.1) is 0 Å². The third kappa shape index (κ3) is 7.99. The van der Waals surface area contributed by atoms with Gasteiger partial charge < -0.3 is 42.3 Å². The summed E-state index contributed by atoms with van der Waals surface area (Å²) in [6.45, 7) is 0. The molecule has 0 fully saturated rings.